The molecule has 0 N–H and O–H groups in total. The van der Waals surface area contributed by atoms with E-state index in [2.05, 4.69) is 47.1 Å². The first-order valence-corrected chi connectivity index (χ1v) is 5.80. The van der Waals surface area contributed by atoms with E-state index in [4.69, 9.17) is 9.47 Å². The van der Waals surface area contributed by atoms with Crippen molar-refractivity contribution < 1.29 is 9.47 Å². The number of ether oxygens (including phenoxy) is 2. The Hall–Kier alpha value is -0.380. The summed E-state index contributed by atoms with van der Waals surface area (Å²) in [5.41, 5.74) is 2.33. The van der Waals surface area contributed by atoms with Crippen LogP contribution in [0.15, 0.2) is 24.3 Å². The Balaban J connectivity index is 2.31. The van der Waals surface area contributed by atoms with Crippen LogP contribution in [0, 0.1) is 6.92 Å². The SMILES string of the molecule is Cc1ccc(C2(CBr)OCCO2)cc1. The zero-order valence-corrected chi connectivity index (χ0v) is 9.71. The van der Waals surface area contributed by atoms with Crippen LogP contribution in [0.3, 0.4) is 0 Å². The molecule has 76 valence electrons. The van der Waals surface area contributed by atoms with Crippen LogP contribution in [0.25, 0.3) is 0 Å². The molecule has 2 nitrogen and oxygen atoms in total. The average Bonchev–Trinajstić information content (AvgIpc) is 2.68. The average molecular weight is 257 g/mol. The van der Waals surface area contributed by atoms with Gasteiger partial charge in [0.25, 0.3) is 0 Å². The fourth-order valence-electron chi connectivity index (χ4n) is 1.58. The maximum absolute atomic E-state index is 5.65. The van der Waals surface area contributed by atoms with Crippen molar-refractivity contribution in [2.45, 2.75) is 12.7 Å². The van der Waals surface area contributed by atoms with Crippen LogP contribution in [-0.4, -0.2) is 18.5 Å². The van der Waals surface area contributed by atoms with E-state index >= 15 is 0 Å². The van der Waals surface area contributed by atoms with Crippen LogP contribution >= 0.6 is 15.9 Å². The molecular formula is C11H13BrO2. The summed E-state index contributed by atoms with van der Waals surface area (Å²) in [5, 5.41) is 0.670. The second-order valence-corrected chi connectivity index (χ2v) is 4.01. The fraction of sp³-hybridized carbons (Fsp3) is 0.455. The molecule has 0 bridgehead atoms. The summed E-state index contributed by atoms with van der Waals surface area (Å²) >= 11 is 3.44. The number of benzene rings is 1. The van der Waals surface area contributed by atoms with Crippen LogP contribution in [-0.2, 0) is 15.3 Å². The highest BCUT2D eigenvalue weighted by molar-refractivity contribution is 9.09. The molecule has 1 fully saturated rings. The molecule has 0 radical (unpaired) electrons. The molecule has 1 aliphatic heterocycles. The van der Waals surface area contributed by atoms with E-state index in [1.807, 2.05) is 0 Å². The first-order chi connectivity index (χ1) is 6.77. The number of rotatable bonds is 2. The lowest BCUT2D eigenvalue weighted by Gasteiger charge is -2.25. The van der Waals surface area contributed by atoms with Gasteiger partial charge in [-0.25, -0.2) is 0 Å². The predicted octanol–water partition coefficient (Wildman–Crippen LogP) is 2.59. The Morgan fingerprint density at radius 3 is 2.29 bits per heavy atom. The Kier molecular flexibility index (Phi) is 2.91. The molecular weight excluding hydrogens is 244 g/mol. The Morgan fingerprint density at radius 2 is 1.79 bits per heavy atom. The molecule has 0 unspecified atom stereocenters. The van der Waals surface area contributed by atoms with Gasteiger partial charge in [0.05, 0.1) is 18.5 Å². The molecule has 0 aromatic heterocycles. The first kappa shape index (κ1) is 10.1. The molecule has 2 rings (SSSR count). The van der Waals surface area contributed by atoms with Gasteiger partial charge in [0.15, 0.2) is 0 Å². The van der Waals surface area contributed by atoms with Gasteiger partial charge >= 0.3 is 0 Å². The van der Waals surface area contributed by atoms with Gasteiger partial charge in [0.2, 0.25) is 5.79 Å². The van der Waals surface area contributed by atoms with Crippen molar-refractivity contribution in [3.05, 3.63) is 35.4 Å². The van der Waals surface area contributed by atoms with E-state index in [1.54, 1.807) is 0 Å². The number of alkyl halides is 1. The van der Waals surface area contributed by atoms with Crippen molar-refractivity contribution in [2.24, 2.45) is 0 Å². The Bertz CT molecular complexity index is 302. The zero-order valence-electron chi connectivity index (χ0n) is 8.13. The second kappa shape index (κ2) is 4.01. The van der Waals surface area contributed by atoms with Crippen molar-refractivity contribution in [1.82, 2.24) is 0 Å². The van der Waals surface area contributed by atoms with Crippen molar-refractivity contribution in [2.75, 3.05) is 18.5 Å². The molecule has 1 aliphatic rings. The molecule has 1 aromatic carbocycles. The first-order valence-electron chi connectivity index (χ1n) is 4.68. The standard InChI is InChI=1S/C11H13BrO2/c1-9-2-4-10(5-3-9)11(8-12)13-6-7-14-11/h2-5H,6-8H2,1H3. The number of hydrogen-bond acceptors (Lipinski definition) is 2. The molecule has 14 heavy (non-hydrogen) atoms. The van der Waals surface area contributed by atoms with Gasteiger partial charge in [-0.15, -0.1) is 0 Å². The molecule has 0 spiro atoms. The van der Waals surface area contributed by atoms with Gasteiger partial charge in [-0.2, -0.15) is 0 Å². The van der Waals surface area contributed by atoms with Crippen LogP contribution in [0.2, 0.25) is 0 Å². The molecule has 1 aromatic rings. The van der Waals surface area contributed by atoms with E-state index < -0.39 is 5.79 Å². The maximum atomic E-state index is 5.65. The van der Waals surface area contributed by atoms with E-state index in [0.717, 1.165) is 5.56 Å². The fourth-order valence-corrected chi connectivity index (χ4v) is 2.23. The van der Waals surface area contributed by atoms with Gasteiger partial charge in [0, 0.05) is 5.56 Å². The minimum Gasteiger partial charge on any atom is -0.343 e. The third kappa shape index (κ3) is 1.72. The van der Waals surface area contributed by atoms with Crippen LogP contribution in [0.5, 0.6) is 0 Å². The summed E-state index contributed by atoms with van der Waals surface area (Å²) in [4.78, 5) is 0. The molecule has 1 saturated heterocycles. The molecule has 0 aliphatic carbocycles. The highest BCUT2D eigenvalue weighted by Crippen LogP contribution is 2.33. The van der Waals surface area contributed by atoms with Gasteiger partial charge < -0.3 is 9.47 Å². The number of halogens is 1. The summed E-state index contributed by atoms with van der Waals surface area (Å²) in [7, 11) is 0. The molecule has 3 heteroatoms. The van der Waals surface area contributed by atoms with Gasteiger partial charge in [-0.1, -0.05) is 45.8 Å². The normalized spacial score (nSPS) is 19.9. The van der Waals surface area contributed by atoms with Gasteiger partial charge in [0.1, 0.15) is 0 Å². The minimum atomic E-state index is -0.562. The summed E-state index contributed by atoms with van der Waals surface area (Å²) in [6.45, 7) is 3.40. The summed E-state index contributed by atoms with van der Waals surface area (Å²) < 4.78 is 11.3. The zero-order chi connectivity index (χ0) is 10.0. The Labute approximate surface area is 92.3 Å². The molecule has 0 saturated carbocycles. The number of aryl methyl sites for hydroxylation is 1. The van der Waals surface area contributed by atoms with Crippen molar-refractivity contribution >= 4 is 15.9 Å². The van der Waals surface area contributed by atoms with Crippen molar-refractivity contribution in [3.8, 4) is 0 Å². The van der Waals surface area contributed by atoms with E-state index in [9.17, 15) is 0 Å². The second-order valence-electron chi connectivity index (χ2n) is 3.45. The smallest absolute Gasteiger partial charge is 0.204 e. The maximum Gasteiger partial charge on any atom is 0.204 e. The van der Waals surface area contributed by atoms with Gasteiger partial charge in [-0.05, 0) is 6.92 Å². The van der Waals surface area contributed by atoms with E-state index in [-0.39, 0.29) is 0 Å². The van der Waals surface area contributed by atoms with Crippen molar-refractivity contribution in [1.29, 1.82) is 0 Å². The van der Waals surface area contributed by atoms with Crippen molar-refractivity contribution in [3.63, 3.8) is 0 Å². The monoisotopic (exact) mass is 256 g/mol. The largest absolute Gasteiger partial charge is 0.343 e. The number of hydrogen-bond donors (Lipinski definition) is 0. The lowest BCUT2D eigenvalue weighted by molar-refractivity contribution is -0.144. The third-order valence-electron chi connectivity index (χ3n) is 2.42. The summed E-state index contributed by atoms with van der Waals surface area (Å²) in [6.07, 6.45) is 0. The third-order valence-corrected chi connectivity index (χ3v) is 3.16. The quantitative estimate of drug-likeness (QED) is 0.758. The molecule has 0 atom stereocenters. The summed E-state index contributed by atoms with van der Waals surface area (Å²) in [5.74, 6) is -0.562. The minimum absolute atomic E-state index is 0.562. The molecule has 0 amide bonds. The van der Waals surface area contributed by atoms with E-state index in [1.165, 1.54) is 5.56 Å². The predicted molar refractivity (Wildman–Crippen MR) is 58.6 cm³/mol. The lowest BCUT2D eigenvalue weighted by Crippen LogP contribution is -2.28. The Morgan fingerprint density at radius 1 is 1.21 bits per heavy atom. The highest BCUT2D eigenvalue weighted by atomic mass is 79.9. The topological polar surface area (TPSA) is 18.5 Å². The van der Waals surface area contributed by atoms with Crippen LogP contribution in [0.4, 0.5) is 0 Å². The van der Waals surface area contributed by atoms with Crippen LogP contribution < -0.4 is 0 Å². The summed E-state index contributed by atoms with van der Waals surface area (Å²) in [6, 6.07) is 8.26. The highest BCUT2D eigenvalue weighted by Gasteiger charge is 2.37. The van der Waals surface area contributed by atoms with Crippen LogP contribution in [0.1, 0.15) is 11.1 Å². The van der Waals surface area contributed by atoms with Gasteiger partial charge in [-0.3, -0.25) is 0 Å². The van der Waals surface area contributed by atoms with E-state index in [0.29, 0.717) is 18.5 Å². The molecule has 1 heterocycles. The lowest BCUT2D eigenvalue weighted by atomic mass is 10.1.